The Morgan fingerprint density at radius 2 is 1.83 bits per heavy atom. The number of hydrogen-bond acceptors (Lipinski definition) is 4. The largest absolute Gasteiger partial charge is 0.454 e. The lowest BCUT2D eigenvalue weighted by Gasteiger charge is -2.08. The van der Waals surface area contributed by atoms with Gasteiger partial charge in [-0.25, -0.2) is 0 Å². The molecule has 0 aliphatic carbocycles. The first-order valence-electron chi connectivity index (χ1n) is 6.94. The average molecular weight is 342 g/mol. The van der Waals surface area contributed by atoms with Gasteiger partial charge in [0.1, 0.15) is 5.75 Å². The quantitative estimate of drug-likeness (QED) is 0.863. The molecule has 0 atom stereocenters. The third kappa shape index (κ3) is 4.03. The van der Waals surface area contributed by atoms with Gasteiger partial charge in [0.2, 0.25) is 6.79 Å². The predicted octanol–water partition coefficient (Wildman–Crippen LogP) is 3.96. The minimum atomic E-state index is -2.81. The molecule has 0 spiro atoms. The molecule has 23 heavy (non-hydrogen) atoms. The Hall–Kier alpha value is -2.05. The van der Waals surface area contributed by atoms with Crippen LogP contribution in [-0.2, 0) is 13.1 Å². The highest BCUT2D eigenvalue weighted by molar-refractivity contribution is 6.32. The van der Waals surface area contributed by atoms with Crippen molar-refractivity contribution in [2.24, 2.45) is 0 Å². The van der Waals surface area contributed by atoms with E-state index in [-0.39, 0.29) is 12.5 Å². The maximum absolute atomic E-state index is 12.1. The molecule has 122 valence electrons. The minimum absolute atomic E-state index is 0.145. The molecule has 1 aliphatic rings. The van der Waals surface area contributed by atoms with Crippen LogP contribution >= 0.6 is 11.6 Å². The van der Waals surface area contributed by atoms with E-state index >= 15 is 0 Å². The standard InChI is InChI=1S/C16H14ClF2NO3/c17-13-5-11(6-14-15(13)22-9-21-14)8-20-7-10-1-3-12(4-2-10)23-16(18)19/h1-6,16,20H,7-9H2. The molecule has 0 fully saturated rings. The second-order valence-electron chi connectivity index (χ2n) is 4.94. The summed E-state index contributed by atoms with van der Waals surface area (Å²) in [6, 6.07) is 10.2. The smallest absolute Gasteiger partial charge is 0.387 e. The third-order valence-corrected chi connectivity index (χ3v) is 3.57. The number of benzene rings is 2. The first kappa shape index (κ1) is 15.8. The number of rotatable bonds is 6. The van der Waals surface area contributed by atoms with Gasteiger partial charge in [-0.2, -0.15) is 8.78 Å². The Morgan fingerprint density at radius 3 is 2.57 bits per heavy atom. The number of fused-ring (bicyclic) bond motifs is 1. The summed E-state index contributed by atoms with van der Waals surface area (Å²) in [4.78, 5) is 0. The van der Waals surface area contributed by atoms with Crippen LogP contribution in [0.3, 0.4) is 0 Å². The number of halogens is 3. The summed E-state index contributed by atoms with van der Waals surface area (Å²) in [5.74, 6) is 1.36. The molecular weight excluding hydrogens is 328 g/mol. The molecule has 7 heteroatoms. The summed E-state index contributed by atoms with van der Waals surface area (Å²) in [5.41, 5.74) is 1.93. The van der Waals surface area contributed by atoms with Crippen LogP contribution in [0.25, 0.3) is 0 Å². The molecule has 0 saturated heterocycles. The fourth-order valence-electron chi connectivity index (χ4n) is 2.26. The van der Waals surface area contributed by atoms with Gasteiger partial charge in [-0.15, -0.1) is 0 Å². The van der Waals surface area contributed by atoms with Crippen LogP contribution < -0.4 is 19.5 Å². The summed E-state index contributed by atoms with van der Waals surface area (Å²) < 4.78 is 39.0. The van der Waals surface area contributed by atoms with Crippen molar-refractivity contribution in [1.29, 1.82) is 0 Å². The topological polar surface area (TPSA) is 39.7 Å². The van der Waals surface area contributed by atoms with Crippen molar-refractivity contribution in [3.8, 4) is 17.2 Å². The van der Waals surface area contributed by atoms with Gasteiger partial charge in [0.25, 0.3) is 0 Å². The molecule has 1 N–H and O–H groups in total. The van der Waals surface area contributed by atoms with Crippen molar-refractivity contribution in [3.63, 3.8) is 0 Å². The summed E-state index contributed by atoms with van der Waals surface area (Å²) in [6.45, 7) is -1.46. The lowest BCUT2D eigenvalue weighted by Crippen LogP contribution is -2.12. The minimum Gasteiger partial charge on any atom is -0.454 e. The number of nitrogens with one attached hydrogen (secondary N) is 1. The van der Waals surface area contributed by atoms with Crippen molar-refractivity contribution in [2.75, 3.05) is 6.79 Å². The molecule has 0 unspecified atom stereocenters. The summed E-state index contributed by atoms with van der Waals surface area (Å²) in [7, 11) is 0. The van der Waals surface area contributed by atoms with Crippen LogP contribution in [0.5, 0.6) is 17.2 Å². The molecule has 0 saturated carbocycles. The second-order valence-corrected chi connectivity index (χ2v) is 5.34. The Kier molecular flexibility index (Phi) is 4.83. The lowest BCUT2D eigenvalue weighted by atomic mass is 10.2. The Bertz CT molecular complexity index is 680. The van der Waals surface area contributed by atoms with E-state index < -0.39 is 6.61 Å². The van der Waals surface area contributed by atoms with E-state index in [0.717, 1.165) is 11.1 Å². The zero-order valence-corrected chi connectivity index (χ0v) is 12.8. The van der Waals surface area contributed by atoms with Crippen molar-refractivity contribution in [1.82, 2.24) is 5.32 Å². The van der Waals surface area contributed by atoms with Crippen LogP contribution in [0.1, 0.15) is 11.1 Å². The van der Waals surface area contributed by atoms with Gasteiger partial charge < -0.3 is 19.5 Å². The van der Waals surface area contributed by atoms with E-state index in [4.69, 9.17) is 21.1 Å². The molecule has 2 aromatic carbocycles. The van der Waals surface area contributed by atoms with Crippen molar-refractivity contribution < 1.29 is 23.0 Å². The van der Waals surface area contributed by atoms with Crippen LogP contribution in [-0.4, -0.2) is 13.4 Å². The Labute approximate surface area is 136 Å². The lowest BCUT2D eigenvalue weighted by molar-refractivity contribution is -0.0498. The molecular formula is C16H14ClF2NO3. The van der Waals surface area contributed by atoms with Crippen LogP contribution in [0.15, 0.2) is 36.4 Å². The van der Waals surface area contributed by atoms with Crippen molar-refractivity contribution in [2.45, 2.75) is 19.7 Å². The van der Waals surface area contributed by atoms with Gasteiger partial charge in [-0.1, -0.05) is 23.7 Å². The molecule has 0 bridgehead atoms. The third-order valence-electron chi connectivity index (χ3n) is 3.29. The van der Waals surface area contributed by atoms with Gasteiger partial charge in [0.15, 0.2) is 11.5 Å². The predicted molar refractivity (Wildman–Crippen MR) is 81.2 cm³/mol. The van der Waals surface area contributed by atoms with E-state index in [9.17, 15) is 8.78 Å². The number of ether oxygens (including phenoxy) is 3. The highest BCUT2D eigenvalue weighted by Crippen LogP contribution is 2.39. The molecule has 0 amide bonds. The molecule has 1 heterocycles. The van der Waals surface area contributed by atoms with E-state index in [1.54, 1.807) is 12.1 Å². The van der Waals surface area contributed by atoms with E-state index in [1.807, 2.05) is 12.1 Å². The maximum Gasteiger partial charge on any atom is 0.387 e. The molecule has 0 aromatic heterocycles. The Morgan fingerprint density at radius 1 is 1.09 bits per heavy atom. The molecule has 0 radical (unpaired) electrons. The highest BCUT2D eigenvalue weighted by Gasteiger charge is 2.18. The zero-order valence-electron chi connectivity index (χ0n) is 12.0. The van der Waals surface area contributed by atoms with Crippen molar-refractivity contribution in [3.05, 3.63) is 52.5 Å². The van der Waals surface area contributed by atoms with Crippen LogP contribution in [0, 0.1) is 0 Å². The fraction of sp³-hybridized carbons (Fsp3) is 0.250. The Balaban J connectivity index is 1.54. The molecule has 3 rings (SSSR count). The molecule has 1 aliphatic heterocycles. The monoisotopic (exact) mass is 341 g/mol. The fourth-order valence-corrected chi connectivity index (χ4v) is 2.55. The number of alkyl halides is 2. The summed E-state index contributed by atoms with van der Waals surface area (Å²) in [5, 5.41) is 3.77. The second kappa shape index (κ2) is 7.02. The summed E-state index contributed by atoms with van der Waals surface area (Å²) >= 11 is 6.12. The SMILES string of the molecule is FC(F)Oc1ccc(CNCc2cc(Cl)c3c(c2)OCO3)cc1. The van der Waals surface area contributed by atoms with Gasteiger partial charge in [-0.05, 0) is 35.4 Å². The van der Waals surface area contributed by atoms with Crippen LogP contribution in [0.2, 0.25) is 5.02 Å². The van der Waals surface area contributed by atoms with Gasteiger partial charge in [-0.3, -0.25) is 0 Å². The van der Waals surface area contributed by atoms with Crippen LogP contribution in [0.4, 0.5) is 8.78 Å². The summed E-state index contributed by atoms with van der Waals surface area (Å²) in [6.07, 6.45) is 0. The molecule has 4 nitrogen and oxygen atoms in total. The normalized spacial score (nSPS) is 12.7. The van der Waals surface area contributed by atoms with E-state index in [0.29, 0.717) is 29.6 Å². The maximum atomic E-state index is 12.1. The van der Waals surface area contributed by atoms with E-state index in [1.165, 1.54) is 12.1 Å². The van der Waals surface area contributed by atoms with Gasteiger partial charge in [0, 0.05) is 13.1 Å². The first-order valence-corrected chi connectivity index (χ1v) is 7.32. The highest BCUT2D eigenvalue weighted by atomic mass is 35.5. The first-order chi connectivity index (χ1) is 11.1. The average Bonchev–Trinajstić information content (AvgIpc) is 2.97. The van der Waals surface area contributed by atoms with Gasteiger partial charge >= 0.3 is 6.61 Å². The zero-order chi connectivity index (χ0) is 16.2. The molecule has 2 aromatic rings. The van der Waals surface area contributed by atoms with Crippen molar-refractivity contribution >= 4 is 11.6 Å². The van der Waals surface area contributed by atoms with Gasteiger partial charge in [0.05, 0.1) is 5.02 Å². The number of hydrogen-bond donors (Lipinski definition) is 1. The van der Waals surface area contributed by atoms with E-state index in [2.05, 4.69) is 10.1 Å².